The van der Waals surface area contributed by atoms with Gasteiger partial charge in [-0.2, -0.15) is 0 Å². The van der Waals surface area contributed by atoms with Gasteiger partial charge in [0.2, 0.25) is 0 Å². The van der Waals surface area contributed by atoms with E-state index >= 15 is 0 Å². The lowest BCUT2D eigenvalue weighted by atomic mass is 10.1. The van der Waals surface area contributed by atoms with Crippen LogP contribution in [0.4, 0.5) is 4.39 Å². The first-order valence-corrected chi connectivity index (χ1v) is 6.17. The fourth-order valence-electron chi connectivity index (χ4n) is 1.71. The number of rotatable bonds is 5. The molecule has 0 bridgehead atoms. The van der Waals surface area contributed by atoms with Crippen LogP contribution in [0.25, 0.3) is 6.08 Å². The van der Waals surface area contributed by atoms with Gasteiger partial charge in [0.25, 0.3) is 0 Å². The number of benzene rings is 2. The van der Waals surface area contributed by atoms with Crippen LogP contribution in [0.3, 0.4) is 0 Å². The highest BCUT2D eigenvalue weighted by Gasteiger charge is 2.09. The quantitative estimate of drug-likeness (QED) is 0.829. The molecule has 0 aliphatic rings. The molecular weight excluding hydrogens is 275 g/mol. The van der Waals surface area contributed by atoms with Crippen LogP contribution in [0.2, 0.25) is 0 Å². The van der Waals surface area contributed by atoms with Crippen LogP contribution in [0, 0.1) is 5.82 Å². The molecule has 0 fully saturated rings. The molecule has 21 heavy (non-hydrogen) atoms. The Bertz CT molecular complexity index is 662. The summed E-state index contributed by atoms with van der Waals surface area (Å²) < 4.78 is 19.3. The molecule has 0 radical (unpaired) electrons. The van der Waals surface area contributed by atoms with Gasteiger partial charge in [0.05, 0.1) is 6.61 Å². The van der Waals surface area contributed by atoms with E-state index in [0.717, 1.165) is 6.08 Å². The molecule has 2 N–H and O–H groups in total. The molecule has 4 nitrogen and oxygen atoms in total. The van der Waals surface area contributed by atoms with Crippen molar-refractivity contribution in [2.24, 2.45) is 0 Å². The lowest BCUT2D eigenvalue weighted by molar-refractivity contribution is -0.131. The van der Waals surface area contributed by atoms with Crippen molar-refractivity contribution >= 4 is 12.0 Å². The van der Waals surface area contributed by atoms with E-state index in [1.807, 2.05) is 0 Å². The van der Waals surface area contributed by atoms with E-state index in [1.54, 1.807) is 30.3 Å². The third-order valence-electron chi connectivity index (χ3n) is 2.73. The smallest absolute Gasteiger partial charge is 0.328 e. The van der Waals surface area contributed by atoms with Crippen molar-refractivity contribution in [2.75, 3.05) is 0 Å². The number of aliphatic hydroxyl groups is 1. The molecule has 0 spiro atoms. The number of carboxylic acids is 1. The summed E-state index contributed by atoms with van der Waals surface area (Å²) in [6.45, 7) is -0.0907. The summed E-state index contributed by atoms with van der Waals surface area (Å²) in [5.74, 6) is -1.37. The minimum atomic E-state index is -1.13. The van der Waals surface area contributed by atoms with Crippen LogP contribution >= 0.6 is 0 Å². The average molecular weight is 288 g/mol. The van der Waals surface area contributed by atoms with Crippen molar-refractivity contribution < 1.29 is 24.1 Å². The Morgan fingerprint density at radius 3 is 2.52 bits per heavy atom. The molecule has 0 atom stereocenters. The summed E-state index contributed by atoms with van der Waals surface area (Å²) in [6.07, 6.45) is 2.18. The standard InChI is InChI=1S/C16H13FO4/c17-14-3-1-2-12(6-9-15(19)20)16(14)21-13-7-4-11(10-18)5-8-13/h1-9,18H,10H2,(H,19,20)/b9-6+. The van der Waals surface area contributed by atoms with Crippen LogP contribution in [-0.4, -0.2) is 16.2 Å². The Hall–Kier alpha value is -2.66. The second-order valence-electron chi connectivity index (χ2n) is 4.23. The molecule has 0 aliphatic heterocycles. The molecular formula is C16H13FO4. The molecule has 2 aromatic rings. The zero-order valence-electron chi connectivity index (χ0n) is 11.0. The molecule has 0 aliphatic carbocycles. The van der Waals surface area contributed by atoms with Gasteiger partial charge in [-0.05, 0) is 29.8 Å². The van der Waals surface area contributed by atoms with Crippen LogP contribution in [0.1, 0.15) is 11.1 Å². The Morgan fingerprint density at radius 2 is 1.90 bits per heavy atom. The van der Waals surface area contributed by atoms with E-state index in [4.69, 9.17) is 14.9 Å². The van der Waals surface area contributed by atoms with Crippen molar-refractivity contribution in [2.45, 2.75) is 6.61 Å². The average Bonchev–Trinajstić information content (AvgIpc) is 2.48. The fourth-order valence-corrected chi connectivity index (χ4v) is 1.71. The molecule has 2 aromatic carbocycles. The summed E-state index contributed by atoms with van der Waals surface area (Å²) in [5, 5.41) is 17.6. The van der Waals surface area contributed by atoms with E-state index in [-0.39, 0.29) is 12.4 Å². The van der Waals surface area contributed by atoms with Gasteiger partial charge in [-0.15, -0.1) is 0 Å². The van der Waals surface area contributed by atoms with E-state index in [2.05, 4.69) is 0 Å². The normalized spacial score (nSPS) is 10.8. The third kappa shape index (κ3) is 3.90. The lowest BCUT2D eigenvalue weighted by Gasteiger charge is -2.10. The van der Waals surface area contributed by atoms with Crippen LogP contribution < -0.4 is 4.74 Å². The predicted octanol–water partition coefficient (Wildman–Crippen LogP) is 3.21. The van der Waals surface area contributed by atoms with E-state index < -0.39 is 11.8 Å². The second kappa shape index (κ2) is 6.67. The summed E-state index contributed by atoms with van der Waals surface area (Å²) in [5.41, 5.74) is 1.03. The Morgan fingerprint density at radius 1 is 1.19 bits per heavy atom. The van der Waals surface area contributed by atoms with E-state index in [9.17, 15) is 9.18 Å². The predicted molar refractivity (Wildman–Crippen MR) is 75.5 cm³/mol. The van der Waals surface area contributed by atoms with Gasteiger partial charge in [-0.3, -0.25) is 0 Å². The number of aliphatic hydroxyl groups excluding tert-OH is 1. The monoisotopic (exact) mass is 288 g/mol. The molecule has 0 aromatic heterocycles. The maximum atomic E-state index is 13.9. The topological polar surface area (TPSA) is 66.8 Å². The number of ether oxygens (including phenoxy) is 1. The van der Waals surface area contributed by atoms with Crippen molar-refractivity contribution in [3.8, 4) is 11.5 Å². The minimum absolute atomic E-state index is 0.0493. The number of para-hydroxylation sites is 1. The second-order valence-corrected chi connectivity index (χ2v) is 4.23. The highest BCUT2D eigenvalue weighted by Crippen LogP contribution is 2.29. The van der Waals surface area contributed by atoms with Crippen LogP contribution in [0.15, 0.2) is 48.5 Å². The molecule has 0 unspecified atom stereocenters. The largest absolute Gasteiger partial charge is 0.478 e. The maximum absolute atomic E-state index is 13.9. The molecule has 0 saturated heterocycles. The Kier molecular flexibility index (Phi) is 4.68. The molecule has 0 amide bonds. The summed E-state index contributed by atoms with van der Waals surface area (Å²) in [7, 11) is 0. The fraction of sp³-hybridized carbons (Fsp3) is 0.0625. The molecule has 108 valence electrons. The first kappa shape index (κ1) is 14.7. The number of carboxylic acid groups (broad SMARTS) is 1. The Balaban J connectivity index is 2.31. The SMILES string of the molecule is O=C(O)/C=C/c1cccc(F)c1Oc1ccc(CO)cc1. The van der Waals surface area contributed by atoms with Crippen molar-refractivity contribution in [3.05, 3.63) is 65.5 Å². The van der Waals surface area contributed by atoms with Gasteiger partial charge < -0.3 is 14.9 Å². The zero-order chi connectivity index (χ0) is 15.2. The van der Waals surface area contributed by atoms with Gasteiger partial charge in [-0.1, -0.05) is 24.3 Å². The van der Waals surface area contributed by atoms with Gasteiger partial charge in [0, 0.05) is 11.6 Å². The van der Waals surface area contributed by atoms with Crippen molar-refractivity contribution in [1.29, 1.82) is 0 Å². The first-order valence-electron chi connectivity index (χ1n) is 6.17. The number of hydrogen-bond donors (Lipinski definition) is 2. The number of aliphatic carboxylic acids is 1. The highest BCUT2D eigenvalue weighted by atomic mass is 19.1. The molecule has 0 heterocycles. The molecule has 0 saturated carbocycles. The first-order chi connectivity index (χ1) is 10.1. The minimum Gasteiger partial charge on any atom is -0.478 e. The van der Waals surface area contributed by atoms with Gasteiger partial charge >= 0.3 is 5.97 Å². The van der Waals surface area contributed by atoms with Crippen LogP contribution in [0.5, 0.6) is 11.5 Å². The maximum Gasteiger partial charge on any atom is 0.328 e. The van der Waals surface area contributed by atoms with E-state index in [0.29, 0.717) is 16.9 Å². The summed E-state index contributed by atoms with van der Waals surface area (Å²) in [6, 6.07) is 10.8. The number of halogens is 1. The van der Waals surface area contributed by atoms with Gasteiger partial charge in [0.15, 0.2) is 11.6 Å². The van der Waals surface area contributed by atoms with Gasteiger partial charge in [-0.25, -0.2) is 9.18 Å². The zero-order valence-corrected chi connectivity index (χ0v) is 11.0. The number of carbonyl (C=O) groups is 1. The summed E-state index contributed by atoms with van der Waals surface area (Å²) in [4.78, 5) is 10.6. The van der Waals surface area contributed by atoms with Crippen molar-refractivity contribution in [1.82, 2.24) is 0 Å². The third-order valence-corrected chi connectivity index (χ3v) is 2.73. The lowest BCUT2D eigenvalue weighted by Crippen LogP contribution is -1.93. The molecule has 2 rings (SSSR count). The summed E-state index contributed by atoms with van der Waals surface area (Å²) >= 11 is 0. The van der Waals surface area contributed by atoms with E-state index in [1.165, 1.54) is 18.2 Å². The van der Waals surface area contributed by atoms with Gasteiger partial charge in [0.1, 0.15) is 5.75 Å². The Labute approximate surface area is 120 Å². The number of hydrogen-bond acceptors (Lipinski definition) is 3. The highest BCUT2D eigenvalue weighted by molar-refractivity contribution is 5.85. The van der Waals surface area contributed by atoms with Crippen LogP contribution in [-0.2, 0) is 11.4 Å². The van der Waals surface area contributed by atoms with Crippen molar-refractivity contribution in [3.63, 3.8) is 0 Å². The molecule has 5 heteroatoms.